The number of nitrogens with zero attached hydrogens (tertiary/aromatic N) is 2. The molecule has 1 aliphatic heterocycles. The largest absolute Gasteiger partial charge is 0.480 e. The van der Waals surface area contributed by atoms with Crippen LogP contribution in [0.4, 0.5) is 4.79 Å². The molecule has 0 aliphatic carbocycles. The fourth-order valence-corrected chi connectivity index (χ4v) is 1.77. The second kappa shape index (κ2) is 6.03. The van der Waals surface area contributed by atoms with Crippen LogP contribution in [0.15, 0.2) is 0 Å². The first-order valence-electron chi connectivity index (χ1n) is 5.66. The highest BCUT2D eigenvalue weighted by atomic mass is 16.4. The van der Waals surface area contributed by atoms with Crippen LogP contribution in [0.1, 0.15) is 6.92 Å². The van der Waals surface area contributed by atoms with E-state index in [1.165, 1.54) is 11.8 Å². The van der Waals surface area contributed by atoms with Gasteiger partial charge >= 0.3 is 12.0 Å². The molecular formula is C10H16N4O5. The topological polar surface area (TPSA) is 133 Å². The summed E-state index contributed by atoms with van der Waals surface area (Å²) in [5.74, 6) is -2.40. The number of piperazine rings is 1. The van der Waals surface area contributed by atoms with Gasteiger partial charge in [-0.25, -0.2) is 4.79 Å². The zero-order chi connectivity index (χ0) is 14.6. The van der Waals surface area contributed by atoms with E-state index >= 15 is 0 Å². The van der Waals surface area contributed by atoms with E-state index in [1.54, 1.807) is 0 Å². The van der Waals surface area contributed by atoms with Gasteiger partial charge in [-0.05, 0) is 6.92 Å². The maximum atomic E-state index is 12.1. The number of nitrogens with one attached hydrogen (secondary N) is 1. The van der Waals surface area contributed by atoms with Gasteiger partial charge in [0.15, 0.2) is 0 Å². The lowest BCUT2D eigenvalue weighted by Crippen LogP contribution is -2.60. The highest BCUT2D eigenvalue weighted by Gasteiger charge is 2.33. The number of carbonyl (C=O) groups excluding carboxylic acids is 3. The summed E-state index contributed by atoms with van der Waals surface area (Å²) in [7, 11) is 0. The van der Waals surface area contributed by atoms with E-state index < -0.39 is 37.0 Å². The molecule has 0 spiro atoms. The van der Waals surface area contributed by atoms with Crippen molar-refractivity contribution in [3.05, 3.63) is 0 Å². The van der Waals surface area contributed by atoms with Crippen molar-refractivity contribution in [2.24, 2.45) is 5.73 Å². The summed E-state index contributed by atoms with van der Waals surface area (Å²) in [5.41, 5.74) is 4.97. The van der Waals surface area contributed by atoms with Crippen LogP contribution in [-0.2, 0) is 14.4 Å². The van der Waals surface area contributed by atoms with Gasteiger partial charge in [-0.1, -0.05) is 0 Å². The summed E-state index contributed by atoms with van der Waals surface area (Å²) < 4.78 is 0. The van der Waals surface area contributed by atoms with Crippen molar-refractivity contribution < 1.29 is 24.3 Å². The number of carboxylic acids is 1. The maximum Gasteiger partial charge on any atom is 0.323 e. The van der Waals surface area contributed by atoms with Crippen molar-refractivity contribution >= 4 is 23.8 Å². The SMILES string of the molecule is CC1C(=O)NCCN1C(=O)N(CC(N)=O)CC(=O)O. The first-order valence-corrected chi connectivity index (χ1v) is 5.66. The van der Waals surface area contributed by atoms with Crippen LogP contribution in [0.5, 0.6) is 0 Å². The standard InChI is InChI=1S/C10H16N4O5/c1-6-9(18)12-2-3-14(6)10(19)13(4-7(11)15)5-8(16)17/h6H,2-5H2,1H3,(H2,11,15)(H,12,18)(H,16,17). The normalized spacial score (nSPS) is 18.7. The van der Waals surface area contributed by atoms with Crippen molar-refractivity contribution in [1.29, 1.82) is 0 Å². The molecule has 1 aliphatic rings. The smallest absolute Gasteiger partial charge is 0.323 e. The van der Waals surface area contributed by atoms with Crippen molar-refractivity contribution in [3.8, 4) is 0 Å². The Balaban J connectivity index is 2.82. The molecule has 0 saturated carbocycles. The van der Waals surface area contributed by atoms with Crippen LogP contribution < -0.4 is 11.1 Å². The molecule has 0 radical (unpaired) electrons. The van der Waals surface area contributed by atoms with Gasteiger partial charge in [0.25, 0.3) is 0 Å². The van der Waals surface area contributed by atoms with Crippen molar-refractivity contribution in [2.75, 3.05) is 26.2 Å². The van der Waals surface area contributed by atoms with Crippen LogP contribution in [0.25, 0.3) is 0 Å². The average molecular weight is 272 g/mol. The first-order chi connectivity index (χ1) is 8.82. The molecule has 1 atom stereocenters. The fourth-order valence-electron chi connectivity index (χ4n) is 1.77. The molecular weight excluding hydrogens is 256 g/mol. The lowest BCUT2D eigenvalue weighted by atomic mass is 10.2. The van der Waals surface area contributed by atoms with Crippen LogP contribution in [0.3, 0.4) is 0 Å². The summed E-state index contributed by atoms with van der Waals surface area (Å²) >= 11 is 0. The summed E-state index contributed by atoms with van der Waals surface area (Å²) in [6.07, 6.45) is 0. The van der Waals surface area contributed by atoms with Gasteiger partial charge in [0, 0.05) is 13.1 Å². The minimum atomic E-state index is -1.26. The van der Waals surface area contributed by atoms with Crippen molar-refractivity contribution in [2.45, 2.75) is 13.0 Å². The molecule has 0 aromatic heterocycles. The molecule has 0 bridgehead atoms. The number of hydrogen-bond donors (Lipinski definition) is 3. The van der Waals surface area contributed by atoms with Gasteiger partial charge < -0.3 is 26.0 Å². The molecule has 0 aromatic rings. The number of aliphatic carboxylic acids is 1. The van der Waals surface area contributed by atoms with Crippen LogP contribution in [0, 0.1) is 0 Å². The van der Waals surface area contributed by atoms with Gasteiger partial charge in [-0.3, -0.25) is 14.4 Å². The lowest BCUT2D eigenvalue weighted by molar-refractivity contribution is -0.138. The number of carbonyl (C=O) groups is 4. The Morgan fingerprint density at radius 1 is 1.47 bits per heavy atom. The van der Waals surface area contributed by atoms with E-state index in [0.717, 1.165) is 4.90 Å². The molecule has 1 heterocycles. The zero-order valence-corrected chi connectivity index (χ0v) is 10.5. The zero-order valence-electron chi connectivity index (χ0n) is 10.5. The number of nitrogens with two attached hydrogens (primary N) is 1. The molecule has 1 saturated heterocycles. The summed E-state index contributed by atoms with van der Waals surface area (Å²) in [5, 5.41) is 11.3. The minimum absolute atomic E-state index is 0.251. The monoisotopic (exact) mass is 272 g/mol. The van der Waals surface area contributed by atoms with E-state index in [0.29, 0.717) is 0 Å². The lowest BCUT2D eigenvalue weighted by Gasteiger charge is -2.36. The van der Waals surface area contributed by atoms with Gasteiger partial charge in [0.05, 0.1) is 0 Å². The Labute approximate surface area is 109 Å². The van der Waals surface area contributed by atoms with Crippen LogP contribution in [0.2, 0.25) is 0 Å². The number of primary amides is 1. The average Bonchev–Trinajstić information content (AvgIpc) is 2.30. The number of amides is 4. The van der Waals surface area contributed by atoms with Crippen molar-refractivity contribution in [3.63, 3.8) is 0 Å². The molecule has 106 valence electrons. The van der Waals surface area contributed by atoms with Gasteiger partial charge in [0.1, 0.15) is 19.1 Å². The van der Waals surface area contributed by atoms with Crippen molar-refractivity contribution in [1.82, 2.24) is 15.1 Å². The quantitative estimate of drug-likeness (QED) is 0.534. The Morgan fingerprint density at radius 2 is 2.11 bits per heavy atom. The fraction of sp³-hybridized carbons (Fsp3) is 0.600. The van der Waals surface area contributed by atoms with E-state index in [9.17, 15) is 19.2 Å². The minimum Gasteiger partial charge on any atom is -0.480 e. The Bertz CT molecular complexity index is 395. The summed E-state index contributed by atoms with van der Waals surface area (Å²) in [6, 6.07) is -1.41. The molecule has 9 heteroatoms. The molecule has 1 unspecified atom stereocenters. The van der Waals surface area contributed by atoms with Gasteiger partial charge in [-0.15, -0.1) is 0 Å². The second-order valence-electron chi connectivity index (χ2n) is 4.16. The third-order valence-corrected chi connectivity index (χ3v) is 2.69. The Kier molecular flexibility index (Phi) is 4.67. The third-order valence-electron chi connectivity index (χ3n) is 2.69. The predicted octanol–water partition coefficient (Wildman–Crippen LogP) is -2.20. The maximum absolute atomic E-state index is 12.1. The molecule has 1 fully saturated rings. The Hall–Kier alpha value is -2.32. The number of hydrogen-bond acceptors (Lipinski definition) is 4. The van der Waals surface area contributed by atoms with E-state index in [2.05, 4.69) is 5.32 Å². The van der Waals surface area contributed by atoms with Gasteiger partial charge in [-0.2, -0.15) is 0 Å². The number of rotatable bonds is 4. The highest BCUT2D eigenvalue weighted by molar-refractivity contribution is 5.90. The van der Waals surface area contributed by atoms with E-state index in [4.69, 9.17) is 10.8 Å². The molecule has 4 amide bonds. The number of carboxylic acid groups (broad SMARTS) is 1. The molecule has 1 rings (SSSR count). The molecule has 4 N–H and O–H groups in total. The summed E-state index contributed by atoms with van der Waals surface area (Å²) in [6.45, 7) is 0.908. The molecule has 0 aromatic carbocycles. The summed E-state index contributed by atoms with van der Waals surface area (Å²) in [4.78, 5) is 47.1. The Morgan fingerprint density at radius 3 is 2.63 bits per heavy atom. The van der Waals surface area contributed by atoms with Crippen LogP contribution >= 0.6 is 0 Å². The number of urea groups is 1. The highest BCUT2D eigenvalue weighted by Crippen LogP contribution is 2.08. The van der Waals surface area contributed by atoms with Gasteiger partial charge in [0.2, 0.25) is 11.8 Å². The predicted molar refractivity (Wildman–Crippen MR) is 63.0 cm³/mol. The molecule has 9 nitrogen and oxygen atoms in total. The second-order valence-corrected chi connectivity index (χ2v) is 4.16. The molecule has 19 heavy (non-hydrogen) atoms. The first kappa shape index (κ1) is 14.7. The third kappa shape index (κ3) is 3.83. The van der Waals surface area contributed by atoms with Crippen LogP contribution in [-0.4, -0.2) is 70.9 Å². The van der Waals surface area contributed by atoms with E-state index in [-0.39, 0.29) is 19.0 Å². The van der Waals surface area contributed by atoms with E-state index in [1.807, 2.05) is 0 Å².